The summed E-state index contributed by atoms with van der Waals surface area (Å²) in [6, 6.07) is 5.79. The summed E-state index contributed by atoms with van der Waals surface area (Å²) in [6.07, 6.45) is 1.83. The zero-order valence-corrected chi connectivity index (χ0v) is 12.0. The maximum atomic E-state index is 8.85. The molecule has 0 amide bonds. The number of hydrogen-bond donors (Lipinski definition) is 3. The number of aliphatic hydroxyl groups is 1. The van der Waals surface area contributed by atoms with Crippen LogP contribution in [0.25, 0.3) is 0 Å². The van der Waals surface area contributed by atoms with Crippen molar-refractivity contribution in [2.75, 3.05) is 24.2 Å². The van der Waals surface area contributed by atoms with Crippen molar-refractivity contribution in [1.82, 2.24) is 0 Å². The largest absolute Gasteiger partial charge is 0.397 e. The summed E-state index contributed by atoms with van der Waals surface area (Å²) in [7, 11) is 0. The number of aliphatic hydroxyl groups excluding tert-OH is 1. The zero-order chi connectivity index (χ0) is 12.9. The van der Waals surface area contributed by atoms with Gasteiger partial charge in [-0.2, -0.15) is 0 Å². The van der Waals surface area contributed by atoms with E-state index in [0.717, 1.165) is 35.2 Å². The second-order valence-corrected chi connectivity index (χ2v) is 5.99. The highest BCUT2D eigenvalue weighted by atomic mass is 79.9. The zero-order valence-electron chi connectivity index (χ0n) is 10.5. The summed E-state index contributed by atoms with van der Waals surface area (Å²) in [5.74, 6) is 0. The van der Waals surface area contributed by atoms with Crippen LogP contribution in [-0.2, 0) is 0 Å². The van der Waals surface area contributed by atoms with E-state index in [4.69, 9.17) is 10.8 Å². The lowest BCUT2D eigenvalue weighted by atomic mass is 9.88. The molecule has 1 aromatic carbocycles. The lowest BCUT2D eigenvalue weighted by molar-refractivity contribution is 0.248. The van der Waals surface area contributed by atoms with E-state index in [-0.39, 0.29) is 12.0 Å². The summed E-state index contributed by atoms with van der Waals surface area (Å²) in [5, 5.41) is 12.2. The van der Waals surface area contributed by atoms with E-state index in [9.17, 15) is 0 Å². The molecular formula is C13H21BrN2O. The lowest BCUT2D eigenvalue weighted by Gasteiger charge is -2.25. The van der Waals surface area contributed by atoms with E-state index in [1.54, 1.807) is 0 Å². The van der Waals surface area contributed by atoms with Crippen molar-refractivity contribution in [3.63, 3.8) is 0 Å². The molecule has 0 atom stereocenters. The standard InChI is InChI=1S/C13H21BrN2O/c1-13(2,6-3-7-17)9-16-12-8-10(14)4-5-11(12)15/h4-5,8,16-17H,3,6-7,9,15H2,1-2H3. The lowest BCUT2D eigenvalue weighted by Crippen LogP contribution is -2.23. The van der Waals surface area contributed by atoms with Crippen LogP contribution in [0.4, 0.5) is 11.4 Å². The Kier molecular flexibility index (Phi) is 5.28. The third kappa shape index (κ3) is 4.96. The van der Waals surface area contributed by atoms with Gasteiger partial charge in [-0.25, -0.2) is 0 Å². The molecule has 0 saturated carbocycles. The molecule has 0 aliphatic heterocycles. The van der Waals surface area contributed by atoms with Crippen LogP contribution in [0.3, 0.4) is 0 Å². The fraction of sp³-hybridized carbons (Fsp3) is 0.538. The monoisotopic (exact) mass is 300 g/mol. The van der Waals surface area contributed by atoms with Gasteiger partial charge in [0.15, 0.2) is 0 Å². The maximum absolute atomic E-state index is 8.85. The number of nitrogens with two attached hydrogens (primary N) is 1. The van der Waals surface area contributed by atoms with Crippen molar-refractivity contribution < 1.29 is 5.11 Å². The smallest absolute Gasteiger partial charge is 0.0585 e. The quantitative estimate of drug-likeness (QED) is 0.707. The normalized spacial score (nSPS) is 11.5. The molecule has 0 unspecified atom stereocenters. The average Bonchev–Trinajstić information content (AvgIpc) is 2.28. The number of halogens is 1. The van der Waals surface area contributed by atoms with Crippen LogP contribution < -0.4 is 11.1 Å². The van der Waals surface area contributed by atoms with Crippen LogP contribution in [0.15, 0.2) is 22.7 Å². The molecular weight excluding hydrogens is 280 g/mol. The Morgan fingerprint density at radius 2 is 2.12 bits per heavy atom. The first kappa shape index (κ1) is 14.3. The molecule has 4 N–H and O–H groups in total. The van der Waals surface area contributed by atoms with E-state index in [0.29, 0.717) is 0 Å². The molecule has 0 aliphatic rings. The van der Waals surface area contributed by atoms with Crippen LogP contribution in [0.5, 0.6) is 0 Å². The molecule has 1 aromatic rings. The van der Waals surface area contributed by atoms with Gasteiger partial charge in [0.2, 0.25) is 0 Å². The second-order valence-electron chi connectivity index (χ2n) is 5.08. The first-order valence-corrected chi connectivity index (χ1v) is 6.64. The summed E-state index contributed by atoms with van der Waals surface area (Å²) in [5.41, 5.74) is 7.76. The first-order valence-electron chi connectivity index (χ1n) is 5.84. The van der Waals surface area contributed by atoms with Crippen LogP contribution >= 0.6 is 15.9 Å². The Bertz CT molecular complexity index is 366. The van der Waals surface area contributed by atoms with E-state index >= 15 is 0 Å². The fourth-order valence-corrected chi connectivity index (χ4v) is 2.02. The summed E-state index contributed by atoms with van der Waals surface area (Å²) < 4.78 is 1.02. The molecule has 0 aromatic heterocycles. The molecule has 96 valence electrons. The van der Waals surface area contributed by atoms with Gasteiger partial charge in [0.05, 0.1) is 11.4 Å². The van der Waals surface area contributed by atoms with Crippen molar-refractivity contribution in [2.24, 2.45) is 5.41 Å². The van der Waals surface area contributed by atoms with E-state index in [2.05, 4.69) is 35.1 Å². The molecule has 0 radical (unpaired) electrons. The number of nitrogens with one attached hydrogen (secondary N) is 1. The maximum Gasteiger partial charge on any atom is 0.0585 e. The molecule has 3 nitrogen and oxygen atoms in total. The fourth-order valence-electron chi connectivity index (χ4n) is 1.66. The predicted molar refractivity (Wildman–Crippen MR) is 77.1 cm³/mol. The van der Waals surface area contributed by atoms with Gasteiger partial charge in [0.25, 0.3) is 0 Å². The van der Waals surface area contributed by atoms with E-state index < -0.39 is 0 Å². The molecule has 0 bridgehead atoms. The van der Waals surface area contributed by atoms with Gasteiger partial charge in [-0.15, -0.1) is 0 Å². The minimum Gasteiger partial charge on any atom is -0.397 e. The molecule has 0 saturated heterocycles. The Morgan fingerprint density at radius 3 is 2.76 bits per heavy atom. The Labute approximate surface area is 112 Å². The molecule has 0 aliphatic carbocycles. The highest BCUT2D eigenvalue weighted by Crippen LogP contribution is 2.27. The predicted octanol–water partition coefficient (Wildman–Crippen LogP) is 3.24. The van der Waals surface area contributed by atoms with Gasteiger partial charge in [-0.05, 0) is 36.5 Å². The third-order valence-corrected chi connectivity index (χ3v) is 3.28. The third-order valence-electron chi connectivity index (χ3n) is 2.78. The minimum absolute atomic E-state index is 0.150. The van der Waals surface area contributed by atoms with Crippen LogP contribution in [-0.4, -0.2) is 18.3 Å². The number of hydrogen-bond acceptors (Lipinski definition) is 3. The van der Waals surface area contributed by atoms with Crippen LogP contribution in [0.2, 0.25) is 0 Å². The van der Waals surface area contributed by atoms with Gasteiger partial charge >= 0.3 is 0 Å². The van der Waals surface area contributed by atoms with Crippen molar-refractivity contribution in [3.8, 4) is 0 Å². The van der Waals surface area contributed by atoms with Gasteiger partial charge in [0, 0.05) is 17.6 Å². The second kappa shape index (κ2) is 6.26. The summed E-state index contributed by atoms with van der Waals surface area (Å²) in [4.78, 5) is 0. The number of benzene rings is 1. The Balaban J connectivity index is 2.57. The molecule has 0 fully saturated rings. The van der Waals surface area contributed by atoms with Crippen molar-refractivity contribution in [3.05, 3.63) is 22.7 Å². The van der Waals surface area contributed by atoms with Crippen molar-refractivity contribution >= 4 is 27.3 Å². The SMILES string of the molecule is CC(C)(CCCO)CNc1cc(Br)ccc1N. The average molecular weight is 301 g/mol. The number of anilines is 2. The number of rotatable bonds is 6. The Morgan fingerprint density at radius 1 is 1.41 bits per heavy atom. The molecule has 4 heteroatoms. The number of nitrogen functional groups attached to an aromatic ring is 1. The van der Waals surface area contributed by atoms with Gasteiger partial charge in [-0.1, -0.05) is 29.8 Å². The van der Waals surface area contributed by atoms with E-state index in [1.807, 2.05) is 18.2 Å². The van der Waals surface area contributed by atoms with E-state index in [1.165, 1.54) is 0 Å². The highest BCUT2D eigenvalue weighted by Gasteiger charge is 2.17. The van der Waals surface area contributed by atoms with Crippen LogP contribution in [0.1, 0.15) is 26.7 Å². The van der Waals surface area contributed by atoms with Gasteiger partial charge < -0.3 is 16.2 Å². The Hall–Kier alpha value is -0.740. The molecule has 0 spiro atoms. The topological polar surface area (TPSA) is 58.3 Å². The summed E-state index contributed by atoms with van der Waals surface area (Å²) >= 11 is 3.43. The highest BCUT2D eigenvalue weighted by molar-refractivity contribution is 9.10. The minimum atomic E-state index is 0.150. The summed E-state index contributed by atoms with van der Waals surface area (Å²) in [6.45, 7) is 5.46. The first-order chi connectivity index (χ1) is 7.94. The van der Waals surface area contributed by atoms with Crippen LogP contribution in [0, 0.1) is 5.41 Å². The van der Waals surface area contributed by atoms with Crippen molar-refractivity contribution in [2.45, 2.75) is 26.7 Å². The van der Waals surface area contributed by atoms with Gasteiger partial charge in [-0.3, -0.25) is 0 Å². The molecule has 17 heavy (non-hydrogen) atoms. The van der Waals surface area contributed by atoms with Gasteiger partial charge in [0.1, 0.15) is 0 Å². The molecule has 0 heterocycles. The molecule has 1 rings (SSSR count). The van der Waals surface area contributed by atoms with Crippen molar-refractivity contribution in [1.29, 1.82) is 0 Å².